The zero-order chi connectivity index (χ0) is 14.8. The number of nitrogens with two attached hydrogens (primary N) is 1. The van der Waals surface area contributed by atoms with E-state index in [9.17, 15) is 15.2 Å². The van der Waals surface area contributed by atoms with Gasteiger partial charge in [0.2, 0.25) is 11.6 Å². The molecule has 1 heterocycles. The van der Waals surface area contributed by atoms with Gasteiger partial charge >= 0.3 is 5.69 Å². The number of nitrogens with one attached hydrogen (secondary N) is 1. The first-order valence-electron chi connectivity index (χ1n) is 6.62. The third-order valence-corrected chi connectivity index (χ3v) is 3.69. The molecular formula is C12H19N5O3. The van der Waals surface area contributed by atoms with Crippen LogP contribution in [0.2, 0.25) is 0 Å². The van der Waals surface area contributed by atoms with E-state index in [1.54, 1.807) is 0 Å². The Morgan fingerprint density at radius 3 is 3.05 bits per heavy atom. The fourth-order valence-corrected chi connectivity index (χ4v) is 2.74. The monoisotopic (exact) mass is 281 g/mol. The van der Waals surface area contributed by atoms with E-state index in [0.29, 0.717) is 18.8 Å². The summed E-state index contributed by atoms with van der Waals surface area (Å²) >= 11 is 0. The van der Waals surface area contributed by atoms with Gasteiger partial charge in [-0.25, -0.2) is 9.97 Å². The molecule has 2 unspecified atom stereocenters. The molecule has 4 N–H and O–H groups in total. The number of hydrogen-bond acceptors (Lipinski definition) is 7. The molecule has 0 aromatic carbocycles. The summed E-state index contributed by atoms with van der Waals surface area (Å²) < 4.78 is 0. The van der Waals surface area contributed by atoms with Gasteiger partial charge < -0.3 is 16.2 Å². The predicted molar refractivity (Wildman–Crippen MR) is 74.2 cm³/mol. The van der Waals surface area contributed by atoms with Crippen LogP contribution in [0.3, 0.4) is 0 Å². The van der Waals surface area contributed by atoms with Crippen molar-refractivity contribution in [1.82, 2.24) is 9.97 Å². The average Bonchev–Trinajstić information content (AvgIpc) is 2.35. The first-order chi connectivity index (χ1) is 9.41. The fourth-order valence-electron chi connectivity index (χ4n) is 2.74. The first-order valence-corrected chi connectivity index (χ1v) is 6.62. The molecule has 1 aliphatic rings. The van der Waals surface area contributed by atoms with Gasteiger partial charge in [-0.1, -0.05) is 19.8 Å². The molecule has 8 heteroatoms. The Hall–Kier alpha value is -1.96. The van der Waals surface area contributed by atoms with Crippen molar-refractivity contribution in [3.8, 4) is 0 Å². The van der Waals surface area contributed by atoms with Crippen LogP contribution in [0.4, 0.5) is 17.3 Å². The molecule has 0 saturated heterocycles. The van der Waals surface area contributed by atoms with Crippen molar-refractivity contribution in [3.63, 3.8) is 0 Å². The van der Waals surface area contributed by atoms with Crippen molar-refractivity contribution < 1.29 is 10.0 Å². The number of aromatic nitrogens is 2. The van der Waals surface area contributed by atoms with E-state index in [4.69, 9.17) is 5.73 Å². The minimum atomic E-state index is -0.856. The zero-order valence-corrected chi connectivity index (χ0v) is 11.4. The molecule has 0 aliphatic heterocycles. The SMILES string of the molecule is CC1CCCC(O)(CNc2ncnc(N)c2[N+](=O)[O-])C1. The second kappa shape index (κ2) is 5.58. The van der Waals surface area contributed by atoms with Crippen molar-refractivity contribution >= 4 is 17.3 Å². The topological polar surface area (TPSA) is 127 Å². The van der Waals surface area contributed by atoms with Gasteiger partial charge in [0.05, 0.1) is 10.5 Å². The summed E-state index contributed by atoms with van der Waals surface area (Å²) in [6.45, 7) is 2.31. The van der Waals surface area contributed by atoms with Crippen LogP contribution >= 0.6 is 0 Å². The number of nitro groups is 1. The van der Waals surface area contributed by atoms with Gasteiger partial charge in [0, 0.05) is 6.54 Å². The van der Waals surface area contributed by atoms with Gasteiger partial charge in [0.25, 0.3) is 0 Å². The second-order valence-corrected chi connectivity index (χ2v) is 5.49. The number of anilines is 2. The van der Waals surface area contributed by atoms with Crippen molar-refractivity contribution in [2.24, 2.45) is 5.92 Å². The molecule has 1 fully saturated rings. The summed E-state index contributed by atoms with van der Waals surface area (Å²) in [6, 6.07) is 0. The van der Waals surface area contributed by atoms with Crippen LogP contribution < -0.4 is 11.1 Å². The van der Waals surface area contributed by atoms with E-state index >= 15 is 0 Å². The standard InChI is InChI=1S/C12H19N5O3/c1-8-3-2-4-12(18,5-8)6-14-11-9(17(19)20)10(13)15-7-16-11/h7-8,18H,2-6H2,1H3,(H3,13,14,15,16). The maximum absolute atomic E-state index is 11.0. The quantitative estimate of drug-likeness (QED) is 0.561. The molecule has 20 heavy (non-hydrogen) atoms. The van der Waals surface area contributed by atoms with Crippen LogP contribution in [0.1, 0.15) is 32.6 Å². The van der Waals surface area contributed by atoms with E-state index in [1.807, 2.05) is 0 Å². The third kappa shape index (κ3) is 3.13. The lowest BCUT2D eigenvalue weighted by molar-refractivity contribution is -0.383. The first kappa shape index (κ1) is 14.4. The molecule has 0 amide bonds. The number of nitrogens with zero attached hydrogens (tertiary/aromatic N) is 3. The molecule has 1 aromatic heterocycles. The van der Waals surface area contributed by atoms with Crippen molar-refractivity contribution in [2.75, 3.05) is 17.6 Å². The van der Waals surface area contributed by atoms with Gasteiger partial charge in [-0.2, -0.15) is 0 Å². The minimum absolute atomic E-state index is 0.0501. The van der Waals surface area contributed by atoms with E-state index < -0.39 is 10.5 Å². The third-order valence-electron chi connectivity index (χ3n) is 3.69. The number of nitrogen functional groups attached to an aromatic ring is 1. The van der Waals surface area contributed by atoms with Crippen molar-refractivity contribution in [1.29, 1.82) is 0 Å². The van der Waals surface area contributed by atoms with Crippen molar-refractivity contribution in [2.45, 2.75) is 38.2 Å². The fraction of sp³-hybridized carbons (Fsp3) is 0.667. The van der Waals surface area contributed by atoms with Gasteiger partial charge in [0.15, 0.2) is 0 Å². The van der Waals surface area contributed by atoms with E-state index in [1.165, 1.54) is 0 Å². The Bertz CT molecular complexity index is 510. The van der Waals surface area contributed by atoms with Gasteiger partial charge in [0.1, 0.15) is 6.33 Å². The maximum Gasteiger partial charge on any atom is 0.352 e. The Morgan fingerprint density at radius 1 is 1.65 bits per heavy atom. The summed E-state index contributed by atoms with van der Waals surface area (Å²) in [7, 11) is 0. The number of hydrogen-bond donors (Lipinski definition) is 3. The van der Waals surface area contributed by atoms with Crippen LogP contribution in [0.5, 0.6) is 0 Å². The minimum Gasteiger partial charge on any atom is -0.388 e. The normalized spacial score (nSPS) is 26.2. The molecule has 110 valence electrons. The highest BCUT2D eigenvalue weighted by Crippen LogP contribution is 2.33. The Labute approximate surface area is 116 Å². The van der Waals surface area contributed by atoms with Gasteiger partial charge in [-0.05, 0) is 18.8 Å². The molecule has 2 atom stereocenters. The Balaban J connectivity index is 2.11. The van der Waals surface area contributed by atoms with E-state index in [0.717, 1.165) is 19.2 Å². The van der Waals surface area contributed by atoms with Gasteiger partial charge in [-0.3, -0.25) is 10.1 Å². The molecule has 0 spiro atoms. The Morgan fingerprint density at radius 2 is 2.40 bits per heavy atom. The maximum atomic E-state index is 11.0. The second-order valence-electron chi connectivity index (χ2n) is 5.49. The smallest absolute Gasteiger partial charge is 0.352 e. The van der Waals surface area contributed by atoms with Crippen molar-refractivity contribution in [3.05, 3.63) is 16.4 Å². The molecule has 1 aromatic rings. The molecule has 2 rings (SSSR count). The van der Waals surface area contributed by atoms with Crippen LogP contribution in [0.25, 0.3) is 0 Å². The largest absolute Gasteiger partial charge is 0.388 e. The van der Waals surface area contributed by atoms with E-state index in [2.05, 4.69) is 22.2 Å². The zero-order valence-electron chi connectivity index (χ0n) is 11.4. The summed E-state index contributed by atoms with van der Waals surface area (Å²) in [5, 5.41) is 24.3. The molecule has 0 bridgehead atoms. The average molecular weight is 281 g/mol. The lowest BCUT2D eigenvalue weighted by Gasteiger charge is -2.35. The predicted octanol–water partition coefficient (Wildman–Crippen LogP) is 1.32. The lowest BCUT2D eigenvalue weighted by atomic mass is 9.79. The number of rotatable bonds is 4. The number of aliphatic hydroxyl groups is 1. The highest BCUT2D eigenvalue weighted by atomic mass is 16.6. The molecule has 0 radical (unpaired) electrons. The van der Waals surface area contributed by atoms with Crippen LogP contribution in [-0.4, -0.2) is 32.1 Å². The summed E-state index contributed by atoms with van der Waals surface area (Å²) in [4.78, 5) is 17.8. The van der Waals surface area contributed by atoms with Gasteiger partial charge in [-0.15, -0.1) is 0 Å². The summed E-state index contributed by atoms with van der Waals surface area (Å²) in [5.41, 5.74) is 4.29. The highest BCUT2D eigenvalue weighted by Gasteiger charge is 2.33. The van der Waals surface area contributed by atoms with Crippen LogP contribution in [0.15, 0.2) is 6.33 Å². The molecule has 1 saturated carbocycles. The Kier molecular flexibility index (Phi) is 4.03. The van der Waals surface area contributed by atoms with Crippen LogP contribution in [0, 0.1) is 16.0 Å². The van der Waals surface area contributed by atoms with E-state index in [-0.39, 0.29) is 23.9 Å². The summed E-state index contributed by atoms with van der Waals surface area (Å²) in [5.74, 6) is 0.312. The molecule has 1 aliphatic carbocycles. The lowest BCUT2D eigenvalue weighted by Crippen LogP contribution is -2.41. The highest BCUT2D eigenvalue weighted by molar-refractivity contribution is 5.67. The summed E-state index contributed by atoms with van der Waals surface area (Å²) in [6.07, 6.45) is 4.57. The molecular weight excluding hydrogens is 262 g/mol. The molecule has 8 nitrogen and oxygen atoms in total. The van der Waals surface area contributed by atoms with Crippen LogP contribution in [-0.2, 0) is 0 Å².